The molecule has 1 fully saturated rings. The average molecular weight is 673 g/mol. The zero-order valence-corrected chi connectivity index (χ0v) is 27.6. The van der Waals surface area contributed by atoms with E-state index in [1.807, 2.05) is 49.4 Å². The fourth-order valence-electron chi connectivity index (χ4n) is 5.39. The van der Waals surface area contributed by atoms with Crippen LogP contribution in [0.5, 0.6) is 17.2 Å². The molecule has 5 aromatic rings. The van der Waals surface area contributed by atoms with Crippen molar-refractivity contribution < 1.29 is 33.7 Å². The quantitative estimate of drug-likeness (QED) is 0.0492. The number of para-hydroxylation sites is 1. The molecule has 9 nitrogen and oxygen atoms in total. The van der Waals surface area contributed by atoms with E-state index in [2.05, 4.69) is 11.6 Å². The molecule has 10 heteroatoms. The lowest BCUT2D eigenvalue weighted by molar-refractivity contribution is -0.132. The van der Waals surface area contributed by atoms with Crippen LogP contribution in [-0.2, 0) is 20.9 Å². The summed E-state index contributed by atoms with van der Waals surface area (Å²) in [6.07, 6.45) is 1.45. The first-order valence-corrected chi connectivity index (χ1v) is 16.2. The Bertz CT molecular complexity index is 2070. The number of carbonyl (C=O) groups is 3. The number of benzene rings is 4. The van der Waals surface area contributed by atoms with Crippen LogP contribution in [0.1, 0.15) is 43.7 Å². The number of nitrogens with zero attached hydrogens (tertiary/aromatic N) is 2. The second-order valence-corrected chi connectivity index (χ2v) is 12.2. The number of rotatable bonds is 11. The minimum Gasteiger partial charge on any atom is -0.507 e. The van der Waals surface area contributed by atoms with Gasteiger partial charge in [0.25, 0.3) is 5.78 Å². The Kier molecular flexibility index (Phi) is 9.68. The third-order valence-corrected chi connectivity index (χ3v) is 9.03. The Labute approximate surface area is 287 Å². The summed E-state index contributed by atoms with van der Waals surface area (Å²) in [4.78, 5) is 46.2. The van der Waals surface area contributed by atoms with Crippen LogP contribution in [0, 0.1) is 13.8 Å². The highest BCUT2D eigenvalue weighted by atomic mass is 32.1. The molecule has 4 aromatic carbocycles. The standard InChI is InChI=1S/C39H32N2O7S/c1-4-21-46-38(45)36-25(3)40-39(49-36)41-33(27-13-10-16-31(22-27)48-30-14-6-5-7-15-30)32(35(43)37(41)44)34(42)26-17-19-29(20-18-26)47-23-28-12-9-8-11-24(28)2/h4-20,22,33,42H,1,21,23H2,2-3H3. The molecule has 1 aromatic heterocycles. The first-order valence-electron chi connectivity index (χ1n) is 15.4. The molecule has 1 atom stereocenters. The molecule has 1 amide bonds. The van der Waals surface area contributed by atoms with E-state index in [0.717, 1.165) is 22.5 Å². The summed E-state index contributed by atoms with van der Waals surface area (Å²) in [7, 11) is 0. The van der Waals surface area contributed by atoms with Crippen molar-refractivity contribution in [2.75, 3.05) is 11.5 Å². The maximum Gasteiger partial charge on any atom is 0.350 e. The molecular formula is C39H32N2O7S. The number of ether oxygens (including phenoxy) is 3. The first-order chi connectivity index (χ1) is 23.7. The minimum atomic E-state index is -1.10. The number of amides is 1. The molecule has 2 heterocycles. The Balaban J connectivity index is 1.39. The van der Waals surface area contributed by atoms with Crippen LogP contribution in [0.15, 0.2) is 121 Å². The molecule has 1 aliphatic heterocycles. The molecule has 0 bridgehead atoms. The van der Waals surface area contributed by atoms with E-state index >= 15 is 0 Å². The van der Waals surface area contributed by atoms with Crippen molar-refractivity contribution in [1.82, 2.24) is 4.98 Å². The van der Waals surface area contributed by atoms with Gasteiger partial charge in [-0.05, 0) is 79.1 Å². The molecule has 1 N–H and O–H groups in total. The molecule has 0 spiro atoms. The second kappa shape index (κ2) is 14.4. The molecule has 49 heavy (non-hydrogen) atoms. The SMILES string of the molecule is C=CCOC(=O)c1sc(N2C(=O)C(=O)C(=C(O)c3ccc(OCc4ccccc4C)cc3)C2c2cccc(Oc3ccccc3)c2)nc1C. The predicted molar refractivity (Wildman–Crippen MR) is 187 cm³/mol. The van der Waals surface area contributed by atoms with E-state index in [4.69, 9.17) is 14.2 Å². The van der Waals surface area contributed by atoms with E-state index in [1.54, 1.807) is 67.6 Å². The lowest BCUT2D eigenvalue weighted by Gasteiger charge is -2.23. The van der Waals surface area contributed by atoms with E-state index in [1.165, 1.54) is 11.0 Å². The summed E-state index contributed by atoms with van der Waals surface area (Å²) < 4.78 is 17.2. The summed E-state index contributed by atoms with van der Waals surface area (Å²) >= 11 is 0.923. The van der Waals surface area contributed by atoms with Crippen molar-refractivity contribution in [2.45, 2.75) is 26.5 Å². The van der Waals surface area contributed by atoms with Crippen LogP contribution >= 0.6 is 11.3 Å². The number of esters is 1. The summed E-state index contributed by atoms with van der Waals surface area (Å²) in [5.41, 5.74) is 3.14. The third kappa shape index (κ3) is 7.00. The highest BCUT2D eigenvalue weighted by molar-refractivity contribution is 7.17. The van der Waals surface area contributed by atoms with Gasteiger partial charge in [0, 0.05) is 5.56 Å². The number of Topliss-reactive ketones (excluding diaryl/α,β-unsaturated/α-hetero) is 1. The summed E-state index contributed by atoms with van der Waals surface area (Å²) in [6, 6.07) is 29.5. The van der Waals surface area contributed by atoms with Gasteiger partial charge in [-0.3, -0.25) is 14.5 Å². The van der Waals surface area contributed by atoms with Gasteiger partial charge in [0.05, 0.1) is 17.3 Å². The maximum absolute atomic E-state index is 13.8. The number of hydrogen-bond donors (Lipinski definition) is 1. The lowest BCUT2D eigenvalue weighted by atomic mass is 9.95. The van der Waals surface area contributed by atoms with Gasteiger partial charge >= 0.3 is 11.9 Å². The largest absolute Gasteiger partial charge is 0.507 e. The van der Waals surface area contributed by atoms with Crippen LogP contribution < -0.4 is 14.4 Å². The number of carbonyl (C=O) groups excluding carboxylic acids is 3. The molecule has 6 rings (SSSR count). The van der Waals surface area contributed by atoms with Crippen LogP contribution in [0.2, 0.25) is 0 Å². The van der Waals surface area contributed by atoms with Crippen molar-refractivity contribution in [3.8, 4) is 17.2 Å². The van der Waals surface area contributed by atoms with E-state index < -0.39 is 23.7 Å². The molecule has 1 saturated heterocycles. The highest BCUT2D eigenvalue weighted by Gasteiger charge is 2.48. The van der Waals surface area contributed by atoms with Gasteiger partial charge in [0.1, 0.15) is 41.1 Å². The third-order valence-electron chi connectivity index (χ3n) is 7.89. The van der Waals surface area contributed by atoms with Gasteiger partial charge < -0.3 is 19.3 Å². The Morgan fingerprint density at radius 3 is 2.37 bits per heavy atom. The number of aliphatic hydroxyl groups excluding tert-OH is 1. The van der Waals surface area contributed by atoms with Crippen molar-refractivity contribution in [3.63, 3.8) is 0 Å². The topological polar surface area (TPSA) is 115 Å². The molecule has 1 aliphatic rings. The van der Waals surface area contributed by atoms with Crippen molar-refractivity contribution >= 4 is 39.9 Å². The number of aliphatic hydroxyl groups is 1. The van der Waals surface area contributed by atoms with Gasteiger partial charge in [-0.25, -0.2) is 9.78 Å². The fourth-order valence-corrected chi connectivity index (χ4v) is 6.38. The monoisotopic (exact) mass is 672 g/mol. The highest BCUT2D eigenvalue weighted by Crippen LogP contribution is 2.45. The number of ketones is 1. The van der Waals surface area contributed by atoms with Crippen LogP contribution in [0.4, 0.5) is 5.13 Å². The van der Waals surface area contributed by atoms with Crippen LogP contribution in [0.25, 0.3) is 5.76 Å². The minimum absolute atomic E-state index is 0.0000462. The number of aromatic nitrogens is 1. The van der Waals surface area contributed by atoms with E-state index in [0.29, 0.717) is 40.7 Å². The zero-order valence-electron chi connectivity index (χ0n) is 26.8. The van der Waals surface area contributed by atoms with Gasteiger partial charge in [-0.1, -0.05) is 78.6 Å². The fraction of sp³-hybridized carbons (Fsp3) is 0.128. The smallest absolute Gasteiger partial charge is 0.350 e. The van der Waals surface area contributed by atoms with E-state index in [9.17, 15) is 19.5 Å². The number of anilines is 1. The number of hydrogen-bond acceptors (Lipinski definition) is 9. The van der Waals surface area contributed by atoms with E-state index in [-0.39, 0.29) is 27.9 Å². The van der Waals surface area contributed by atoms with Crippen molar-refractivity contribution in [2.24, 2.45) is 0 Å². The molecule has 0 aliphatic carbocycles. The number of thiazole rings is 1. The Morgan fingerprint density at radius 2 is 1.63 bits per heavy atom. The van der Waals surface area contributed by atoms with Gasteiger partial charge in [0.15, 0.2) is 5.13 Å². The van der Waals surface area contributed by atoms with Crippen molar-refractivity contribution in [3.05, 3.63) is 154 Å². The normalized spacial score (nSPS) is 15.2. The van der Waals surface area contributed by atoms with Crippen LogP contribution in [-0.4, -0.2) is 34.4 Å². The van der Waals surface area contributed by atoms with Gasteiger partial charge in [0.2, 0.25) is 0 Å². The Morgan fingerprint density at radius 1 is 0.918 bits per heavy atom. The molecule has 246 valence electrons. The summed E-state index contributed by atoms with van der Waals surface area (Å²) in [6.45, 7) is 7.56. The molecule has 0 radical (unpaired) electrons. The van der Waals surface area contributed by atoms with Gasteiger partial charge in [-0.15, -0.1) is 0 Å². The predicted octanol–water partition coefficient (Wildman–Crippen LogP) is 8.10. The first kappa shape index (κ1) is 32.9. The average Bonchev–Trinajstić information content (AvgIpc) is 3.63. The second-order valence-electron chi connectivity index (χ2n) is 11.2. The maximum atomic E-state index is 13.8. The zero-order chi connectivity index (χ0) is 34.5. The summed E-state index contributed by atoms with van der Waals surface area (Å²) in [5.74, 6) is -1.19. The lowest BCUT2D eigenvalue weighted by Crippen LogP contribution is -2.29. The van der Waals surface area contributed by atoms with Crippen LogP contribution in [0.3, 0.4) is 0 Å². The van der Waals surface area contributed by atoms with Crippen molar-refractivity contribution in [1.29, 1.82) is 0 Å². The molecule has 0 saturated carbocycles. The van der Waals surface area contributed by atoms with Gasteiger partial charge in [-0.2, -0.15) is 0 Å². The number of aryl methyl sites for hydroxylation is 2. The molecule has 1 unspecified atom stereocenters. The molecular weight excluding hydrogens is 641 g/mol. The Hall–Kier alpha value is -6.00. The summed E-state index contributed by atoms with van der Waals surface area (Å²) in [5, 5.41) is 11.8.